The van der Waals surface area contributed by atoms with Gasteiger partial charge >= 0.3 is 12.1 Å². The van der Waals surface area contributed by atoms with Crippen molar-refractivity contribution in [2.45, 2.75) is 31.9 Å². The van der Waals surface area contributed by atoms with Crippen molar-refractivity contribution in [1.29, 1.82) is 0 Å². The maximum Gasteiger partial charge on any atom is 0.407 e. The Bertz CT molecular complexity index is 711. The van der Waals surface area contributed by atoms with E-state index in [1.165, 1.54) is 0 Å². The summed E-state index contributed by atoms with van der Waals surface area (Å²) in [7, 11) is 0. The first kappa shape index (κ1) is 15.1. The Balaban J connectivity index is 1.55. The number of H-pyrrole nitrogens is 1. The number of rotatable bonds is 4. The van der Waals surface area contributed by atoms with Crippen LogP contribution < -0.4 is 5.32 Å². The molecule has 1 amide bonds. The number of hydrogen-bond donors (Lipinski definition) is 3. The molecule has 2 aromatic rings. The Morgan fingerprint density at radius 2 is 2.13 bits per heavy atom. The summed E-state index contributed by atoms with van der Waals surface area (Å²) < 4.78 is 5.19. The third kappa shape index (κ3) is 3.50. The Morgan fingerprint density at radius 3 is 2.87 bits per heavy atom. The minimum absolute atomic E-state index is 0.0316. The third-order valence-corrected chi connectivity index (χ3v) is 3.88. The molecular formula is C16H17N3O4. The number of aryl methyl sites for hydroxylation is 1. The summed E-state index contributed by atoms with van der Waals surface area (Å²) in [6.45, 7) is 0.205. The lowest BCUT2D eigenvalue weighted by Gasteiger charge is -2.22. The van der Waals surface area contributed by atoms with E-state index in [1.807, 2.05) is 30.3 Å². The second-order valence-electron chi connectivity index (χ2n) is 5.48. The highest BCUT2D eigenvalue weighted by Gasteiger charge is 2.27. The predicted molar refractivity (Wildman–Crippen MR) is 81.1 cm³/mol. The van der Waals surface area contributed by atoms with Crippen LogP contribution in [0, 0.1) is 0 Å². The van der Waals surface area contributed by atoms with E-state index >= 15 is 0 Å². The number of aromatic amines is 1. The van der Waals surface area contributed by atoms with Crippen LogP contribution in [0.1, 0.15) is 33.7 Å². The maximum atomic E-state index is 11.9. The Hall–Kier alpha value is -2.83. The predicted octanol–water partition coefficient (Wildman–Crippen LogP) is 1.89. The second-order valence-corrected chi connectivity index (χ2v) is 5.48. The number of aromatic carboxylic acids is 1. The summed E-state index contributed by atoms with van der Waals surface area (Å²) in [6, 6.07) is 9.27. The molecule has 0 bridgehead atoms. The quantitative estimate of drug-likeness (QED) is 0.799. The van der Waals surface area contributed by atoms with Crippen LogP contribution >= 0.6 is 0 Å². The number of hydrogen-bond acceptors (Lipinski definition) is 4. The molecule has 1 unspecified atom stereocenters. The Kier molecular flexibility index (Phi) is 4.27. The molecule has 7 nitrogen and oxygen atoms in total. The van der Waals surface area contributed by atoms with Gasteiger partial charge < -0.3 is 15.2 Å². The van der Waals surface area contributed by atoms with E-state index in [1.54, 1.807) is 0 Å². The van der Waals surface area contributed by atoms with Gasteiger partial charge in [0.15, 0.2) is 5.69 Å². The molecule has 7 heteroatoms. The van der Waals surface area contributed by atoms with Gasteiger partial charge in [-0.25, -0.2) is 9.59 Å². The van der Waals surface area contributed by atoms with Gasteiger partial charge in [-0.05, 0) is 24.8 Å². The van der Waals surface area contributed by atoms with Crippen molar-refractivity contribution in [3.05, 3.63) is 52.8 Å². The average molecular weight is 315 g/mol. The summed E-state index contributed by atoms with van der Waals surface area (Å²) >= 11 is 0. The molecule has 1 aromatic carbocycles. The molecule has 1 heterocycles. The number of fused-ring (bicyclic) bond motifs is 1. The fraction of sp³-hybridized carbons (Fsp3) is 0.312. The van der Waals surface area contributed by atoms with Gasteiger partial charge in [0.25, 0.3) is 0 Å². The number of aromatic nitrogens is 2. The number of nitrogens with zero attached hydrogens (tertiary/aromatic N) is 1. The Morgan fingerprint density at radius 1 is 1.35 bits per heavy atom. The first-order valence-corrected chi connectivity index (χ1v) is 7.40. The highest BCUT2D eigenvalue weighted by Crippen LogP contribution is 2.22. The van der Waals surface area contributed by atoms with Crippen molar-refractivity contribution < 1.29 is 19.4 Å². The van der Waals surface area contributed by atoms with Crippen molar-refractivity contribution in [3.8, 4) is 0 Å². The largest absolute Gasteiger partial charge is 0.476 e. The number of ether oxygens (including phenoxy) is 1. The van der Waals surface area contributed by atoms with Gasteiger partial charge in [0.05, 0.1) is 0 Å². The molecule has 1 atom stereocenters. The van der Waals surface area contributed by atoms with Gasteiger partial charge in [-0.2, -0.15) is 5.10 Å². The van der Waals surface area contributed by atoms with E-state index in [0.29, 0.717) is 24.8 Å². The molecule has 0 spiro atoms. The Labute approximate surface area is 132 Å². The van der Waals surface area contributed by atoms with Crippen molar-refractivity contribution in [2.24, 2.45) is 0 Å². The molecule has 0 fully saturated rings. The van der Waals surface area contributed by atoms with Crippen LogP contribution in [0.3, 0.4) is 0 Å². The average Bonchev–Trinajstić information content (AvgIpc) is 2.97. The monoisotopic (exact) mass is 315 g/mol. The molecule has 3 N–H and O–H groups in total. The molecule has 0 saturated carbocycles. The third-order valence-electron chi connectivity index (χ3n) is 3.88. The van der Waals surface area contributed by atoms with E-state index in [2.05, 4.69) is 15.5 Å². The van der Waals surface area contributed by atoms with E-state index in [-0.39, 0.29) is 18.3 Å². The van der Waals surface area contributed by atoms with Gasteiger partial charge in [0.1, 0.15) is 6.61 Å². The van der Waals surface area contributed by atoms with Crippen LogP contribution in [0.5, 0.6) is 0 Å². The first-order chi connectivity index (χ1) is 11.1. The molecule has 1 aromatic heterocycles. The number of carbonyl (C=O) groups is 2. The summed E-state index contributed by atoms with van der Waals surface area (Å²) in [4.78, 5) is 23.0. The molecule has 0 radical (unpaired) electrons. The topological polar surface area (TPSA) is 104 Å². The molecule has 120 valence electrons. The fourth-order valence-electron chi connectivity index (χ4n) is 2.73. The zero-order valence-electron chi connectivity index (χ0n) is 12.4. The van der Waals surface area contributed by atoms with Crippen molar-refractivity contribution >= 4 is 12.1 Å². The van der Waals surface area contributed by atoms with E-state index in [9.17, 15) is 9.59 Å². The summed E-state index contributed by atoms with van der Waals surface area (Å²) in [5.74, 6) is -1.06. The fourth-order valence-corrected chi connectivity index (χ4v) is 2.73. The summed E-state index contributed by atoms with van der Waals surface area (Å²) in [5, 5.41) is 18.5. The molecule has 0 aliphatic heterocycles. The highest BCUT2D eigenvalue weighted by atomic mass is 16.5. The molecule has 3 rings (SSSR count). The van der Waals surface area contributed by atoms with Gasteiger partial charge in [-0.3, -0.25) is 5.10 Å². The van der Waals surface area contributed by atoms with Crippen LogP contribution in [-0.2, 0) is 24.2 Å². The number of carboxylic acids is 1. The lowest BCUT2D eigenvalue weighted by Crippen LogP contribution is -2.39. The van der Waals surface area contributed by atoms with Crippen molar-refractivity contribution in [1.82, 2.24) is 15.5 Å². The zero-order chi connectivity index (χ0) is 16.2. The van der Waals surface area contributed by atoms with E-state index in [4.69, 9.17) is 9.84 Å². The van der Waals surface area contributed by atoms with Crippen molar-refractivity contribution in [2.75, 3.05) is 0 Å². The summed E-state index contributed by atoms with van der Waals surface area (Å²) in [5.41, 5.74) is 2.44. The van der Waals surface area contributed by atoms with Gasteiger partial charge in [0, 0.05) is 17.3 Å². The normalized spacial score (nSPS) is 16.4. The standard InChI is InChI=1S/C16H17N3O4/c20-15(21)14-12-8-11(6-7-13(12)18-19-14)17-16(22)23-9-10-4-2-1-3-5-10/h1-5,11H,6-9H2,(H,17,22)(H,18,19)(H,20,21). The highest BCUT2D eigenvalue weighted by molar-refractivity contribution is 5.87. The lowest BCUT2D eigenvalue weighted by molar-refractivity contribution is 0.0689. The number of carbonyl (C=O) groups excluding carboxylic acids is 1. The number of carboxylic acid groups (broad SMARTS) is 1. The van der Waals surface area contributed by atoms with E-state index in [0.717, 1.165) is 11.3 Å². The molecule has 0 saturated heterocycles. The molecule has 1 aliphatic rings. The summed E-state index contributed by atoms with van der Waals surface area (Å²) in [6.07, 6.45) is 1.31. The zero-order valence-corrected chi connectivity index (χ0v) is 12.4. The van der Waals surface area contributed by atoms with E-state index < -0.39 is 12.1 Å². The first-order valence-electron chi connectivity index (χ1n) is 7.40. The van der Waals surface area contributed by atoms with Crippen LogP contribution in [-0.4, -0.2) is 33.4 Å². The maximum absolute atomic E-state index is 11.9. The van der Waals surface area contributed by atoms with Gasteiger partial charge in [-0.1, -0.05) is 30.3 Å². The number of amides is 1. The smallest absolute Gasteiger partial charge is 0.407 e. The van der Waals surface area contributed by atoms with Crippen LogP contribution in [0.25, 0.3) is 0 Å². The molecule has 1 aliphatic carbocycles. The van der Waals surface area contributed by atoms with Crippen LogP contribution in [0.15, 0.2) is 30.3 Å². The van der Waals surface area contributed by atoms with Crippen LogP contribution in [0.2, 0.25) is 0 Å². The second kappa shape index (κ2) is 6.51. The van der Waals surface area contributed by atoms with Crippen molar-refractivity contribution in [3.63, 3.8) is 0 Å². The van der Waals surface area contributed by atoms with Gasteiger partial charge in [-0.15, -0.1) is 0 Å². The SMILES string of the molecule is O=C(NC1CCc2[nH]nc(C(=O)O)c2C1)OCc1ccccc1. The lowest BCUT2D eigenvalue weighted by atomic mass is 9.91. The minimum Gasteiger partial charge on any atom is -0.476 e. The number of benzene rings is 1. The molecule has 23 heavy (non-hydrogen) atoms. The molecular weight excluding hydrogens is 298 g/mol. The number of alkyl carbamates (subject to hydrolysis) is 1. The van der Waals surface area contributed by atoms with Gasteiger partial charge in [0.2, 0.25) is 0 Å². The number of nitrogens with one attached hydrogen (secondary N) is 2. The minimum atomic E-state index is -1.06. The van der Waals surface area contributed by atoms with Crippen LogP contribution in [0.4, 0.5) is 4.79 Å².